The van der Waals surface area contributed by atoms with Crippen LogP contribution in [0.2, 0.25) is 0 Å². The Hall–Kier alpha value is -2.30. The number of amides is 1. The number of carbonyl (C=O) groups excluding carboxylic acids is 1. The molecule has 106 valence electrons. The van der Waals surface area contributed by atoms with E-state index in [1.165, 1.54) is 0 Å². The SMILES string of the molecule is CCCOc1ccc(C(=O)NCc2cn[nH]c2C)cc1. The van der Waals surface area contributed by atoms with Crippen molar-refractivity contribution in [3.05, 3.63) is 47.3 Å². The zero-order valence-corrected chi connectivity index (χ0v) is 11.8. The van der Waals surface area contributed by atoms with Gasteiger partial charge < -0.3 is 10.1 Å². The van der Waals surface area contributed by atoms with Crippen molar-refractivity contribution in [2.24, 2.45) is 0 Å². The van der Waals surface area contributed by atoms with Gasteiger partial charge in [-0.15, -0.1) is 0 Å². The summed E-state index contributed by atoms with van der Waals surface area (Å²) in [4.78, 5) is 12.0. The highest BCUT2D eigenvalue weighted by Crippen LogP contribution is 2.12. The minimum atomic E-state index is -0.104. The first kappa shape index (κ1) is 14.1. The number of rotatable bonds is 6. The molecule has 5 heteroatoms. The zero-order chi connectivity index (χ0) is 14.4. The van der Waals surface area contributed by atoms with Gasteiger partial charge in [0, 0.05) is 23.4 Å². The zero-order valence-electron chi connectivity index (χ0n) is 11.8. The number of nitrogens with zero attached hydrogens (tertiary/aromatic N) is 1. The highest BCUT2D eigenvalue weighted by Gasteiger charge is 2.07. The van der Waals surface area contributed by atoms with E-state index in [-0.39, 0.29) is 5.91 Å². The Labute approximate surface area is 118 Å². The summed E-state index contributed by atoms with van der Waals surface area (Å²) in [7, 11) is 0. The van der Waals surface area contributed by atoms with Crippen LogP contribution >= 0.6 is 0 Å². The van der Waals surface area contributed by atoms with E-state index in [4.69, 9.17) is 4.74 Å². The molecule has 2 aromatic rings. The van der Waals surface area contributed by atoms with Gasteiger partial charge >= 0.3 is 0 Å². The lowest BCUT2D eigenvalue weighted by Gasteiger charge is -2.07. The van der Waals surface area contributed by atoms with E-state index in [1.54, 1.807) is 18.3 Å². The fourth-order valence-corrected chi connectivity index (χ4v) is 1.75. The van der Waals surface area contributed by atoms with E-state index < -0.39 is 0 Å². The Morgan fingerprint density at radius 3 is 2.70 bits per heavy atom. The van der Waals surface area contributed by atoms with E-state index in [9.17, 15) is 4.79 Å². The van der Waals surface area contributed by atoms with Crippen LogP contribution < -0.4 is 10.1 Å². The highest BCUT2D eigenvalue weighted by molar-refractivity contribution is 5.94. The van der Waals surface area contributed by atoms with Crippen LogP contribution in [0, 0.1) is 6.92 Å². The Kier molecular flexibility index (Phi) is 4.76. The first-order valence-electron chi connectivity index (χ1n) is 6.70. The van der Waals surface area contributed by atoms with Crippen molar-refractivity contribution in [3.63, 3.8) is 0 Å². The summed E-state index contributed by atoms with van der Waals surface area (Å²) in [5.41, 5.74) is 2.57. The van der Waals surface area contributed by atoms with Crippen LogP contribution in [0.15, 0.2) is 30.5 Å². The quantitative estimate of drug-likeness (QED) is 0.849. The molecule has 0 atom stereocenters. The van der Waals surface area contributed by atoms with Gasteiger partial charge in [-0.05, 0) is 37.6 Å². The molecular formula is C15H19N3O2. The lowest BCUT2D eigenvalue weighted by Crippen LogP contribution is -2.22. The fourth-order valence-electron chi connectivity index (χ4n) is 1.75. The minimum Gasteiger partial charge on any atom is -0.494 e. The summed E-state index contributed by atoms with van der Waals surface area (Å²) in [6, 6.07) is 7.16. The molecule has 0 radical (unpaired) electrons. The van der Waals surface area contributed by atoms with Crippen molar-refractivity contribution in [2.75, 3.05) is 6.61 Å². The van der Waals surface area contributed by atoms with Crippen LogP contribution in [-0.4, -0.2) is 22.7 Å². The topological polar surface area (TPSA) is 67.0 Å². The van der Waals surface area contributed by atoms with Gasteiger partial charge in [-0.3, -0.25) is 9.89 Å². The van der Waals surface area contributed by atoms with Gasteiger partial charge in [0.15, 0.2) is 0 Å². The van der Waals surface area contributed by atoms with E-state index in [0.29, 0.717) is 18.7 Å². The average molecular weight is 273 g/mol. The molecule has 0 saturated carbocycles. The third kappa shape index (κ3) is 3.60. The number of ether oxygens (including phenoxy) is 1. The number of H-pyrrole nitrogens is 1. The number of benzene rings is 1. The summed E-state index contributed by atoms with van der Waals surface area (Å²) in [5.74, 6) is 0.682. The maximum Gasteiger partial charge on any atom is 0.251 e. The number of nitrogens with one attached hydrogen (secondary N) is 2. The first-order valence-corrected chi connectivity index (χ1v) is 6.70. The number of hydrogen-bond acceptors (Lipinski definition) is 3. The van der Waals surface area contributed by atoms with Gasteiger partial charge in [0.05, 0.1) is 12.8 Å². The first-order chi connectivity index (χ1) is 9.70. The highest BCUT2D eigenvalue weighted by atomic mass is 16.5. The van der Waals surface area contributed by atoms with E-state index in [0.717, 1.165) is 23.4 Å². The standard InChI is InChI=1S/C15H19N3O2/c1-3-8-20-14-6-4-12(5-7-14)15(19)16-9-13-10-17-18-11(13)2/h4-7,10H,3,8-9H2,1-2H3,(H,16,19)(H,17,18). The molecule has 1 heterocycles. The predicted molar refractivity (Wildman–Crippen MR) is 76.7 cm³/mol. The molecule has 1 amide bonds. The third-order valence-electron chi connectivity index (χ3n) is 2.96. The molecule has 0 aliphatic heterocycles. The van der Waals surface area contributed by atoms with Gasteiger partial charge in [-0.25, -0.2) is 0 Å². The number of aromatic amines is 1. The summed E-state index contributed by atoms with van der Waals surface area (Å²) < 4.78 is 5.48. The molecule has 5 nitrogen and oxygen atoms in total. The molecule has 2 rings (SSSR count). The molecular weight excluding hydrogens is 254 g/mol. The van der Waals surface area contributed by atoms with Crippen molar-refractivity contribution in [2.45, 2.75) is 26.8 Å². The molecule has 0 fully saturated rings. The Morgan fingerprint density at radius 1 is 1.35 bits per heavy atom. The Balaban J connectivity index is 1.90. The second-order valence-electron chi connectivity index (χ2n) is 4.58. The van der Waals surface area contributed by atoms with Crippen LogP contribution in [0.4, 0.5) is 0 Å². The van der Waals surface area contributed by atoms with Gasteiger partial charge in [0.2, 0.25) is 0 Å². The largest absolute Gasteiger partial charge is 0.494 e. The summed E-state index contributed by atoms with van der Waals surface area (Å²) in [6.07, 6.45) is 2.68. The Morgan fingerprint density at radius 2 is 2.10 bits per heavy atom. The van der Waals surface area contributed by atoms with Gasteiger partial charge in [0.25, 0.3) is 5.91 Å². The maximum absolute atomic E-state index is 12.0. The molecule has 20 heavy (non-hydrogen) atoms. The number of aromatic nitrogens is 2. The fraction of sp³-hybridized carbons (Fsp3) is 0.333. The second kappa shape index (κ2) is 6.75. The van der Waals surface area contributed by atoms with Crippen LogP contribution in [0.5, 0.6) is 5.75 Å². The second-order valence-corrected chi connectivity index (χ2v) is 4.58. The van der Waals surface area contributed by atoms with Crippen molar-refractivity contribution >= 4 is 5.91 Å². The van der Waals surface area contributed by atoms with E-state index >= 15 is 0 Å². The molecule has 0 saturated heterocycles. The van der Waals surface area contributed by atoms with Crippen molar-refractivity contribution in [3.8, 4) is 5.75 Å². The molecule has 0 bridgehead atoms. The van der Waals surface area contributed by atoms with E-state index in [1.807, 2.05) is 19.1 Å². The predicted octanol–water partition coefficient (Wildman–Crippen LogP) is 2.44. The lowest BCUT2D eigenvalue weighted by molar-refractivity contribution is 0.0951. The third-order valence-corrected chi connectivity index (χ3v) is 2.96. The molecule has 0 aliphatic rings. The maximum atomic E-state index is 12.0. The normalized spacial score (nSPS) is 10.3. The molecule has 1 aromatic heterocycles. The minimum absolute atomic E-state index is 0.104. The van der Waals surface area contributed by atoms with Crippen molar-refractivity contribution < 1.29 is 9.53 Å². The molecule has 0 aliphatic carbocycles. The van der Waals surface area contributed by atoms with Gasteiger partial charge in [-0.2, -0.15) is 5.10 Å². The smallest absolute Gasteiger partial charge is 0.251 e. The average Bonchev–Trinajstić information content (AvgIpc) is 2.88. The number of aryl methyl sites for hydroxylation is 1. The Bertz CT molecular complexity index is 561. The molecule has 1 aromatic carbocycles. The van der Waals surface area contributed by atoms with Crippen molar-refractivity contribution in [1.82, 2.24) is 15.5 Å². The van der Waals surface area contributed by atoms with Crippen LogP contribution in [-0.2, 0) is 6.54 Å². The summed E-state index contributed by atoms with van der Waals surface area (Å²) >= 11 is 0. The summed E-state index contributed by atoms with van der Waals surface area (Å²) in [6.45, 7) is 5.13. The molecule has 0 unspecified atom stereocenters. The van der Waals surface area contributed by atoms with Crippen molar-refractivity contribution in [1.29, 1.82) is 0 Å². The molecule has 0 spiro atoms. The number of carbonyl (C=O) groups is 1. The summed E-state index contributed by atoms with van der Waals surface area (Å²) in [5, 5.41) is 9.63. The van der Waals surface area contributed by atoms with Crippen LogP contribution in [0.25, 0.3) is 0 Å². The lowest BCUT2D eigenvalue weighted by atomic mass is 10.2. The van der Waals surface area contributed by atoms with Crippen LogP contribution in [0.1, 0.15) is 35.0 Å². The monoisotopic (exact) mass is 273 g/mol. The van der Waals surface area contributed by atoms with Gasteiger partial charge in [-0.1, -0.05) is 6.92 Å². The van der Waals surface area contributed by atoms with Gasteiger partial charge in [0.1, 0.15) is 5.75 Å². The number of hydrogen-bond donors (Lipinski definition) is 2. The van der Waals surface area contributed by atoms with E-state index in [2.05, 4.69) is 22.4 Å². The molecule has 2 N–H and O–H groups in total. The van der Waals surface area contributed by atoms with Crippen LogP contribution in [0.3, 0.4) is 0 Å².